The van der Waals surface area contributed by atoms with E-state index in [-0.39, 0.29) is 0 Å². The Hall–Kier alpha value is -1.81. The number of nitrogens with zero attached hydrogens (tertiary/aromatic N) is 1. The summed E-state index contributed by atoms with van der Waals surface area (Å²) in [6.07, 6.45) is 2.57. The second-order valence-electron chi connectivity index (χ2n) is 4.24. The van der Waals surface area contributed by atoms with E-state index in [1.165, 1.54) is 0 Å². The number of furan rings is 1. The molecule has 0 aromatic carbocycles. The van der Waals surface area contributed by atoms with Crippen LogP contribution in [0.25, 0.3) is 0 Å². The Labute approximate surface area is 107 Å². The molecule has 2 rings (SSSR count). The summed E-state index contributed by atoms with van der Waals surface area (Å²) in [5, 5.41) is 3.41. The Kier molecular flexibility index (Phi) is 4.36. The van der Waals surface area contributed by atoms with Gasteiger partial charge in [-0.1, -0.05) is 6.07 Å². The highest BCUT2D eigenvalue weighted by Gasteiger charge is 2.06. The molecule has 0 amide bonds. The van der Waals surface area contributed by atoms with Gasteiger partial charge >= 0.3 is 0 Å². The summed E-state index contributed by atoms with van der Waals surface area (Å²) in [4.78, 5) is 4.35. The van der Waals surface area contributed by atoms with Crippen molar-refractivity contribution in [2.24, 2.45) is 0 Å². The lowest BCUT2D eigenvalue weighted by molar-refractivity contribution is 0.394. The van der Waals surface area contributed by atoms with E-state index in [1.807, 2.05) is 30.3 Å². The van der Waals surface area contributed by atoms with E-state index in [4.69, 9.17) is 9.15 Å². The molecule has 1 unspecified atom stereocenters. The number of hydrogen-bond donors (Lipinski definition) is 1. The molecule has 0 spiro atoms. The Morgan fingerprint density at radius 2 is 2.22 bits per heavy atom. The highest BCUT2D eigenvalue weighted by atomic mass is 16.5. The molecule has 0 bridgehead atoms. The summed E-state index contributed by atoms with van der Waals surface area (Å²) < 4.78 is 10.4. The third-order valence-corrected chi connectivity index (χ3v) is 2.71. The van der Waals surface area contributed by atoms with Gasteiger partial charge in [-0.2, -0.15) is 0 Å². The van der Waals surface area contributed by atoms with E-state index in [1.54, 1.807) is 13.4 Å². The zero-order chi connectivity index (χ0) is 12.8. The fraction of sp³-hybridized carbons (Fsp3) is 0.357. The number of methoxy groups -OCH3 is 1. The number of aromatic nitrogens is 1. The van der Waals surface area contributed by atoms with Crippen molar-refractivity contribution in [2.45, 2.75) is 25.9 Å². The lowest BCUT2D eigenvalue weighted by Gasteiger charge is -2.12. The predicted octanol–water partition coefficient (Wildman–Crippen LogP) is 2.40. The van der Waals surface area contributed by atoms with Crippen molar-refractivity contribution in [1.29, 1.82) is 0 Å². The summed E-state index contributed by atoms with van der Waals surface area (Å²) in [6.45, 7) is 2.85. The van der Waals surface area contributed by atoms with Gasteiger partial charge in [0.2, 0.25) is 5.88 Å². The molecule has 4 nitrogen and oxygen atoms in total. The van der Waals surface area contributed by atoms with Gasteiger partial charge in [0.25, 0.3) is 0 Å². The zero-order valence-corrected chi connectivity index (χ0v) is 10.7. The average Bonchev–Trinajstić information content (AvgIpc) is 2.89. The van der Waals surface area contributed by atoms with Crippen LogP contribution in [0.3, 0.4) is 0 Å². The van der Waals surface area contributed by atoms with Crippen LogP contribution in [-0.4, -0.2) is 18.1 Å². The van der Waals surface area contributed by atoms with Gasteiger partial charge in [0.1, 0.15) is 5.76 Å². The van der Waals surface area contributed by atoms with Crippen molar-refractivity contribution < 1.29 is 9.15 Å². The van der Waals surface area contributed by atoms with Crippen molar-refractivity contribution in [3.8, 4) is 5.88 Å². The normalized spacial score (nSPS) is 12.3. The van der Waals surface area contributed by atoms with Crippen LogP contribution in [0.4, 0.5) is 0 Å². The third kappa shape index (κ3) is 3.60. The summed E-state index contributed by atoms with van der Waals surface area (Å²) in [7, 11) is 1.62. The Balaban J connectivity index is 1.83. The summed E-state index contributed by atoms with van der Waals surface area (Å²) in [5.41, 5.74) is 0.973. The van der Waals surface area contributed by atoms with Crippen LogP contribution in [0, 0.1) is 0 Å². The van der Waals surface area contributed by atoms with Gasteiger partial charge in [0, 0.05) is 25.1 Å². The maximum Gasteiger partial charge on any atom is 0.213 e. The lowest BCUT2D eigenvalue weighted by atomic mass is 10.2. The third-order valence-electron chi connectivity index (χ3n) is 2.71. The van der Waals surface area contributed by atoms with E-state index >= 15 is 0 Å². The van der Waals surface area contributed by atoms with Crippen molar-refractivity contribution in [2.75, 3.05) is 7.11 Å². The predicted molar refractivity (Wildman–Crippen MR) is 69.5 cm³/mol. The zero-order valence-electron chi connectivity index (χ0n) is 10.7. The second-order valence-corrected chi connectivity index (χ2v) is 4.24. The van der Waals surface area contributed by atoms with Crippen LogP contribution in [0.2, 0.25) is 0 Å². The standard InChI is InChI=1S/C14H18N2O2/c1-11(9-13-6-4-8-18-13)15-10-12-5-3-7-14(16-12)17-2/h3-8,11,15H,9-10H2,1-2H3. The van der Waals surface area contributed by atoms with Crippen molar-refractivity contribution in [3.63, 3.8) is 0 Å². The minimum Gasteiger partial charge on any atom is -0.481 e. The molecule has 0 aliphatic heterocycles. The molecule has 1 atom stereocenters. The Bertz CT molecular complexity index is 468. The van der Waals surface area contributed by atoms with Crippen LogP contribution in [-0.2, 0) is 13.0 Å². The first kappa shape index (κ1) is 12.6. The highest BCUT2D eigenvalue weighted by molar-refractivity contribution is 5.15. The quantitative estimate of drug-likeness (QED) is 0.850. The molecular weight excluding hydrogens is 228 g/mol. The van der Waals surface area contributed by atoms with Crippen LogP contribution in [0.15, 0.2) is 41.0 Å². The smallest absolute Gasteiger partial charge is 0.213 e. The number of pyridine rings is 1. The molecule has 0 aliphatic rings. The first-order valence-corrected chi connectivity index (χ1v) is 6.03. The minimum absolute atomic E-state index is 0.337. The van der Waals surface area contributed by atoms with Crippen molar-refractivity contribution in [1.82, 2.24) is 10.3 Å². The van der Waals surface area contributed by atoms with E-state index in [0.29, 0.717) is 11.9 Å². The van der Waals surface area contributed by atoms with Gasteiger partial charge in [-0.3, -0.25) is 0 Å². The molecule has 0 aliphatic carbocycles. The second kappa shape index (κ2) is 6.21. The number of ether oxygens (including phenoxy) is 1. The maximum absolute atomic E-state index is 5.32. The van der Waals surface area contributed by atoms with Gasteiger partial charge in [-0.25, -0.2) is 4.98 Å². The van der Waals surface area contributed by atoms with Crippen molar-refractivity contribution in [3.05, 3.63) is 48.0 Å². The molecule has 2 aromatic rings. The van der Waals surface area contributed by atoms with Gasteiger partial charge in [-0.15, -0.1) is 0 Å². The van der Waals surface area contributed by atoms with Crippen LogP contribution < -0.4 is 10.1 Å². The topological polar surface area (TPSA) is 47.3 Å². The monoisotopic (exact) mass is 246 g/mol. The SMILES string of the molecule is COc1cccc(CNC(C)Cc2ccco2)n1. The van der Waals surface area contributed by atoms with E-state index in [2.05, 4.69) is 17.2 Å². The number of rotatable bonds is 6. The molecule has 0 fully saturated rings. The first-order chi connectivity index (χ1) is 8.78. The highest BCUT2D eigenvalue weighted by Crippen LogP contribution is 2.08. The number of hydrogen-bond acceptors (Lipinski definition) is 4. The van der Waals surface area contributed by atoms with Gasteiger partial charge in [-0.05, 0) is 25.1 Å². The number of nitrogens with one attached hydrogen (secondary N) is 1. The van der Waals surface area contributed by atoms with E-state index < -0.39 is 0 Å². The molecule has 0 saturated carbocycles. The van der Waals surface area contributed by atoms with Crippen LogP contribution in [0.5, 0.6) is 5.88 Å². The largest absolute Gasteiger partial charge is 0.481 e. The van der Waals surface area contributed by atoms with E-state index in [9.17, 15) is 0 Å². The average molecular weight is 246 g/mol. The molecule has 2 heterocycles. The molecular formula is C14H18N2O2. The summed E-state index contributed by atoms with van der Waals surface area (Å²) >= 11 is 0. The Morgan fingerprint density at radius 1 is 1.33 bits per heavy atom. The van der Waals surface area contributed by atoms with Crippen LogP contribution >= 0.6 is 0 Å². The van der Waals surface area contributed by atoms with Crippen LogP contribution in [0.1, 0.15) is 18.4 Å². The van der Waals surface area contributed by atoms with Gasteiger partial charge in [0.05, 0.1) is 19.1 Å². The molecule has 0 radical (unpaired) electrons. The summed E-state index contributed by atoms with van der Waals surface area (Å²) in [6, 6.07) is 10.0. The van der Waals surface area contributed by atoms with Gasteiger partial charge < -0.3 is 14.5 Å². The summed E-state index contributed by atoms with van der Waals surface area (Å²) in [5.74, 6) is 1.64. The molecule has 18 heavy (non-hydrogen) atoms. The lowest BCUT2D eigenvalue weighted by Crippen LogP contribution is -2.27. The maximum atomic E-state index is 5.32. The first-order valence-electron chi connectivity index (χ1n) is 6.03. The fourth-order valence-electron chi connectivity index (χ4n) is 1.75. The van der Waals surface area contributed by atoms with Gasteiger partial charge in [0.15, 0.2) is 0 Å². The fourth-order valence-corrected chi connectivity index (χ4v) is 1.75. The molecule has 4 heteroatoms. The molecule has 96 valence electrons. The molecule has 2 aromatic heterocycles. The van der Waals surface area contributed by atoms with Crippen molar-refractivity contribution >= 4 is 0 Å². The molecule has 0 saturated heterocycles. The minimum atomic E-state index is 0.337. The molecule has 1 N–H and O–H groups in total. The Morgan fingerprint density at radius 3 is 2.94 bits per heavy atom. The van der Waals surface area contributed by atoms with E-state index in [0.717, 1.165) is 24.4 Å².